The van der Waals surface area contributed by atoms with Gasteiger partial charge in [0.05, 0.1) is 0 Å². The molecular formula is C6B2Cl4F4. The zero-order chi connectivity index (χ0) is 12.6. The first-order chi connectivity index (χ1) is 7.29. The van der Waals surface area contributed by atoms with Gasteiger partial charge in [-0.05, 0) is 0 Å². The molecule has 0 spiro atoms. The van der Waals surface area contributed by atoms with E-state index in [4.69, 9.17) is 45.8 Å². The average Bonchev–Trinajstić information content (AvgIpc) is 2.14. The number of hydrogen-bond donors (Lipinski definition) is 0. The Balaban J connectivity index is 3.63. The fourth-order valence-corrected chi connectivity index (χ4v) is 1.82. The lowest BCUT2D eigenvalue weighted by atomic mass is 9.84. The van der Waals surface area contributed by atoms with Crippen molar-refractivity contribution in [3.8, 4) is 0 Å². The van der Waals surface area contributed by atoms with Crippen molar-refractivity contribution >= 4 is 67.9 Å². The van der Waals surface area contributed by atoms with E-state index >= 15 is 0 Å². The molecule has 0 nitrogen and oxygen atoms in total. The second kappa shape index (κ2) is 5.25. The molecule has 10 heteroatoms. The Morgan fingerprint density at radius 2 is 0.750 bits per heavy atom. The predicted molar refractivity (Wildman–Crippen MR) is 60.5 cm³/mol. The van der Waals surface area contributed by atoms with Crippen LogP contribution in [0.1, 0.15) is 0 Å². The van der Waals surface area contributed by atoms with Gasteiger partial charge >= 0.3 is 11.1 Å². The van der Waals surface area contributed by atoms with Crippen molar-refractivity contribution in [3.63, 3.8) is 0 Å². The average molecular weight is 311 g/mol. The molecule has 0 saturated carbocycles. The standard InChI is InChI=1S/C6B2Cl4F4/c9-7(10)1-3(13)5(15)2(8(11)12)6(16)4(1)14. The van der Waals surface area contributed by atoms with Crippen LogP contribution in [0.2, 0.25) is 0 Å². The molecule has 86 valence electrons. The normalized spacial score (nSPS) is 10.5. The highest BCUT2D eigenvalue weighted by Gasteiger charge is 2.33. The van der Waals surface area contributed by atoms with Crippen molar-refractivity contribution < 1.29 is 17.6 Å². The van der Waals surface area contributed by atoms with Crippen LogP contribution in [-0.4, -0.2) is 11.1 Å². The minimum atomic E-state index is -1.75. The second-order valence-corrected chi connectivity index (χ2v) is 4.88. The first-order valence-corrected chi connectivity index (χ1v) is 5.45. The quantitative estimate of drug-likeness (QED) is 0.447. The molecule has 0 heterocycles. The molecule has 0 atom stereocenters. The van der Waals surface area contributed by atoms with E-state index < -0.39 is 45.3 Å². The summed E-state index contributed by atoms with van der Waals surface area (Å²) >= 11 is 20.7. The van der Waals surface area contributed by atoms with Crippen molar-refractivity contribution in [1.82, 2.24) is 0 Å². The highest BCUT2D eigenvalue weighted by Crippen LogP contribution is 2.15. The number of hydrogen-bond acceptors (Lipinski definition) is 0. The molecule has 1 aromatic rings. The van der Waals surface area contributed by atoms with Gasteiger partial charge in [0, 0.05) is 10.9 Å². The molecule has 0 radical (unpaired) electrons. The van der Waals surface area contributed by atoms with E-state index in [-0.39, 0.29) is 0 Å². The van der Waals surface area contributed by atoms with Crippen LogP contribution in [-0.2, 0) is 0 Å². The Labute approximate surface area is 109 Å². The molecule has 0 aliphatic carbocycles. The topological polar surface area (TPSA) is 0 Å². The molecule has 0 aliphatic rings. The van der Waals surface area contributed by atoms with Gasteiger partial charge in [-0.2, -0.15) is 45.8 Å². The van der Waals surface area contributed by atoms with Gasteiger partial charge in [0.1, 0.15) is 0 Å². The fourth-order valence-electron chi connectivity index (χ4n) is 1.05. The Morgan fingerprint density at radius 1 is 0.562 bits per heavy atom. The summed E-state index contributed by atoms with van der Waals surface area (Å²) in [6.45, 7) is 0. The molecular weight excluding hydrogens is 311 g/mol. The molecule has 1 rings (SSSR count). The van der Waals surface area contributed by atoms with Crippen molar-refractivity contribution in [2.45, 2.75) is 0 Å². The molecule has 0 saturated heterocycles. The highest BCUT2D eigenvalue weighted by atomic mass is 35.5. The molecule has 16 heavy (non-hydrogen) atoms. The zero-order valence-electron chi connectivity index (χ0n) is 7.18. The Hall–Kier alpha value is 0.230. The maximum atomic E-state index is 13.2. The highest BCUT2D eigenvalue weighted by molar-refractivity contribution is 7.40. The predicted octanol–water partition coefficient (Wildman–Crippen LogP) is 2.59. The van der Waals surface area contributed by atoms with Gasteiger partial charge in [0.25, 0.3) is 0 Å². The monoisotopic (exact) mass is 310 g/mol. The van der Waals surface area contributed by atoms with Crippen LogP contribution >= 0.6 is 45.8 Å². The summed E-state index contributed by atoms with van der Waals surface area (Å²) in [6, 6.07) is 0. The van der Waals surface area contributed by atoms with E-state index in [1.165, 1.54) is 0 Å². The summed E-state index contributed by atoms with van der Waals surface area (Å²) in [7, 11) is 0. The largest absolute Gasteiger partial charge is 0.388 e. The Bertz CT molecular complexity index is 357. The van der Waals surface area contributed by atoms with Crippen molar-refractivity contribution in [2.75, 3.05) is 0 Å². The lowest BCUT2D eigenvalue weighted by Gasteiger charge is -2.10. The third kappa shape index (κ3) is 2.40. The van der Waals surface area contributed by atoms with Crippen LogP contribution < -0.4 is 10.9 Å². The smallest absolute Gasteiger partial charge is 0.204 e. The summed E-state index contributed by atoms with van der Waals surface area (Å²) in [5.41, 5.74) is -5.73. The Kier molecular flexibility index (Phi) is 4.69. The van der Waals surface area contributed by atoms with Crippen LogP contribution in [0.25, 0.3) is 0 Å². The summed E-state index contributed by atoms with van der Waals surface area (Å²) in [4.78, 5) is 0. The number of halogens is 8. The van der Waals surface area contributed by atoms with E-state index in [0.29, 0.717) is 0 Å². The first kappa shape index (κ1) is 14.3. The number of rotatable bonds is 2. The molecule has 0 fully saturated rings. The van der Waals surface area contributed by atoms with Crippen LogP contribution in [0.5, 0.6) is 0 Å². The third-order valence-corrected chi connectivity index (χ3v) is 2.64. The van der Waals surface area contributed by atoms with Gasteiger partial charge in [-0.3, -0.25) is 0 Å². The van der Waals surface area contributed by atoms with E-state index in [1.54, 1.807) is 0 Å². The van der Waals surface area contributed by atoms with Gasteiger partial charge < -0.3 is 0 Å². The summed E-state index contributed by atoms with van der Waals surface area (Å²) in [5.74, 6) is -6.85. The first-order valence-electron chi connectivity index (χ1n) is 3.71. The van der Waals surface area contributed by atoms with Gasteiger partial charge in [0.2, 0.25) is 0 Å². The molecule has 0 unspecified atom stereocenters. The molecule has 0 bridgehead atoms. The molecule has 0 amide bonds. The lowest BCUT2D eigenvalue weighted by molar-refractivity contribution is 0.472. The van der Waals surface area contributed by atoms with Crippen LogP contribution in [0.15, 0.2) is 0 Å². The van der Waals surface area contributed by atoms with Crippen LogP contribution in [0.4, 0.5) is 17.6 Å². The van der Waals surface area contributed by atoms with E-state index in [0.717, 1.165) is 0 Å². The maximum Gasteiger partial charge on any atom is 0.388 e. The molecule has 1 aromatic carbocycles. The van der Waals surface area contributed by atoms with E-state index in [1.807, 2.05) is 0 Å². The second-order valence-electron chi connectivity index (χ2n) is 2.68. The van der Waals surface area contributed by atoms with Crippen molar-refractivity contribution in [2.24, 2.45) is 0 Å². The van der Waals surface area contributed by atoms with E-state index in [9.17, 15) is 17.6 Å². The summed E-state index contributed by atoms with van der Waals surface area (Å²) in [6.07, 6.45) is 0. The van der Waals surface area contributed by atoms with Gasteiger partial charge in [-0.15, -0.1) is 0 Å². The minimum absolute atomic E-state index is 1.11. The molecule has 0 aromatic heterocycles. The number of benzene rings is 1. The minimum Gasteiger partial charge on any atom is -0.204 e. The van der Waals surface area contributed by atoms with Gasteiger partial charge in [-0.1, -0.05) is 0 Å². The summed E-state index contributed by atoms with van der Waals surface area (Å²) < 4.78 is 53.0. The van der Waals surface area contributed by atoms with Gasteiger partial charge in [0.15, 0.2) is 23.3 Å². The molecule has 0 N–H and O–H groups in total. The van der Waals surface area contributed by atoms with Crippen LogP contribution in [0, 0.1) is 23.3 Å². The van der Waals surface area contributed by atoms with Crippen LogP contribution in [0.3, 0.4) is 0 Å². The zero-order valence-corrected chi connectivity index (χ0v) is 10.2. The SMILES string of the molecule is Fc1c(F)c(B(Cl)Cl)c(F)c(F)c1B(Cl)Cl. The Morgan fingerprint density at radius 3 is 0.875 bits per heavy atom. The van der Waals surface area contributed by atoms with Crippen molar-refractivity contribution in [1.29, 1.82) is 0 Å². The lowest BCUT2D eigenvalue weighted by Crippen LogP contribution is -2.38. The fraction of sp³-hybridized carbons (Fsp3) is 0. The van der Waals surface area contributed by atoms with E-state index in [2.05, 4.69) is 0 Å². The maximum absolute atomic E-state index is 13.2. The van der Waals surface area contributed by atoms with Crippen molar-refractivity contribution in [3.05, 3.63) is 23.3 Å². The van der Waals surface area contributed by atoms with Gasteiger partial charge in [-0.25, -0.2) is 17.6 Å². The third-order valence-electron chi connectivity index (χ3n) is 1.77. The molecule has 0 aliphatic heterocycles. The summed E-state index contributed by atoms with van der Waals surface area (Å²) in [5, 5.41) is 0.